The van der Waals surface area contributed by atoms with Crippen LogP contribution in [0.1, 0.15) is 84.0 Å². The average molecular weight is 289 g/mol. The van der Waals surface area contributed by atoms with Gasteiger partial charge in [0, 0.05) is 0 Å². The summed E-state index contributed by atoms with van der Waals surface area (Å²) in [4.78, 5) is 0. The van der Waals surface area contributed by atoms with Crippen LogP contribution < -0.4 is 0 Å². The van der Waals surface area contributed by atoms with Crippen LogP contribution >= 0.6 is 0 Å². The molecule has 3 fully saturated rings. The van der Waals surface area contributed by atoms with E-state index in [1.165, 1.54) is 32.1 Å². The van der Waals surface area contributed by atoms with Crippen molar-refractivity contribution in [3.8, 4) is 0 Å². The van der Waals surface area contributed by atoms with E-state index < -0.39 is 0 Å². The molecule has 120 valence electrons. The minimum Gasteiger partial charge on any atom is -0.103 e. The standard InChI is InChI=1S/C21H36/c1-3-4-5-17-7-10-18(11-8-17)20-13-12-19-14-16(2)6-9-21(19)15-20/h3,16-21H,1,4-15H2,2H3. The van der Waals surface area contributed by atoms with E-state index in [4.69, 9.17) is 0 Å². The van der Waals surface area contributed by atoms with Gasteiger partial charge in [-0.3, -0.25) is 0 Å². The summed E-state index contributed by atoms with van der Waals surface area (Å²) < 4.78 is 0. The molecule has 0 aromatic carbocycles. The van der Waals surface area contributed by atoms with E-state index >= 15 is 0 Å². The van der Waals surface area contributed by atoms with Crippen LogP contribution in [-0.2, 0) is 0 Å². The average Bonchev–Trinajstić information content (AvgIpc) is 2.53. The zero-order chi connectivity index (χ0) is 14.7. The number of hydrogen-bond acceptors (Lipinski definition) is 0. The minimum absolute atomic E-state index is 1.02. The van der Waals surface area contributed by atoms with E-state index in [0.29, 0.717) is 0 Å². The van der Waals surface area contributed by atoms with Gasteiger partial charge < -0.3 is 0 Å². The van der Waals surface area contributed by atoms with Crippen LogP contribution in [0.15, 0.2) is 12.7 Å². The number of rotatable bonds is 4. The summed E-state index contributed by atoms with van der Waals surface area (Å²) >= 11 is 0. The number of allylic oxidation sites excluding steroid dienone is 1. The van der Waals surface area contributed by atoms with Crippen molar-refractivity contribution in [3.05, 3.63) is 12.7 Å². The van der Waals surface area contributed by atoms with Gasteiger partial charge in [0.2, 0.25) is 0 Å². The van der Waals surface area contributed by atoms with Gasteiger partial charge in [0.25, 0.3) is 0 Å². The second-order valence-corrected chi connectivity index (χ2v) is 8.66. The largest absolute Gasteiger partial charge is 0.103 e. The van der Waals surface area contributed by atoms with Gasteiger partial charge in [-0.1, -0.05) is 32.3 Å². The molecule has 3 aliphatic carbocycles. The third-order valence-corrected chi connectivity index (χ3v) is 7.25. The molecule has 0 heterocycles. The molecule has 4 atom stereocenters. The van der Waals surface area contributed by atoms with Gasteiger partial charge >= 0.3 is 0 Å². The van der Waals surface area contributed by atoms with E-state index in [2.05, 4.69) is 19.6 Å². The summed E-state index contributed by atoms with van der Waals surface area (Å²) in [7, 11) is 0. The molecule has 3 saturated carbocycles. The fourth-order valence-electron chi connectivity index (χ4n) is 5.89. The second-order valence-electron chi connectivity index (χ2n) is 8.66. The first kappa shape index (κ1) is 15.6. The van der Waals surface area contributed by atoms with Gasteiger partial charge in [-0.15, -0.1) is 6.58 Å². The highest BCUT2D eigenvalue weighted by Crippen LogP contribution is 2.49. The van der Waals surface area contributed by atoms with Crippen LogP contribution in [0.3, 0.4) is 0 Å². The summed E-state index contributed by atoms with van der Waals surface area (Å²) in [6.07, 6.45) is 20.2. The van der Waals surface area contributed by atoms with Crippen molar-refractivity contribution in [1.82, 2.24) is 0 Å². The molecule has 0 aromatic rings. The minimum atomic E-state index is 1.02. The lowest BCUT2D eigenvalue weighted by Gasteiger charge is -2.45. The Bertz CT molecular complexity index is 323. The Hall–Kier alpha value is -0.260. The zero-order valence-electron chi connectivity index (χ0n) is 14.2. The molecule has 0 saturated heterocycles. The van der Waals surface area contributed by atoms with Crippen molar-refractivity contribution < 1.29 is 0 Å². The predicted octanol–water partition coefficient (Wildman–Crippen LogP) is 6.61. The summed E-state index contributed by atoms with van der Waals surface area (Å²) in [6, 6.07) is 0. The van der Waals surface area contributed by atoms with Gasteiger partial charge in [0.1, 0.15) is 0 Å². The first-order valence-electron chi connectivity index (χ1n) is 9.87. The van der Waals surface area contributed by atoms with Crippen molar-refractivity contribution in [1.29, 1.82) is 0 Å². The topological polar surface area (TPSA) is 0 Å². The molecule has 4 unspecified atom stereocenters. The Morgan fingerprint density at radius 2 is 1.33 bits per heavy atom. The fourth-order valence-corrected chi connectivity index (χ4v) is 5.89. The summed E-state index contributed by atoms with van der Waals surface area (Å²) in [5.74, 6) is 6.44. The van der Waals surface area contributed by atoms with Crippen LogP contribution in [0, 0.1) is 35.5 Å². The first-order valence-corrected chi connectivity index (χ1v) is 9.87. The molecule has 21 heavy (non-hydrogen) atoms. The molecular formula is C21H36. The summed E-state index contributed by atoms with van der Waals surface area (Å²) in [6.45, 7) is 6.36. The van der Waals surface area contributed by atoms with Crippen LogP contribution in [0.5, 0.6) is 0 Å². The van der Waals surface area contributed by atoms with Crippen LogP contribution in [0.2, 0.25) is 0 Å². The first-order chi connectivity index (χ1) is 10.3. The SMILES string of the molecule is C=CCCC1CCC(C2CCC3CC(C)CCC3C2)CC1. The van der Waals surface area contributed by atoms with Crippen molar-refractivity contribution >= 4 is 0 Å². The van der Waals surface area contributed by atoms with E-state index in [-0.39, 0.29) is 0 Å². The monoisotopic (exact) mass is 288 g/mol. The van der Waals surface area contributed by atoms with Gasteiger partial charge in [0.05, 0.1) is 0 Å². The summed E-state index contributed by atoms with van der Waals surface area (Å²) in [5, 5.41) is 0. The van der Waals surface area contributed by atoms with Crippen molar-refractivity contribution in [2.24, 2.45) is 35.5 Å². The normalized spacial score (nSPS) is 44.0. The second kappa shape index (κ2) is 7.34. The lowest BCUT2D eigenvalue weighted by Crippen LogP contribution is -2.34. The fraction of sp³-hybridized carbons (Fsp3) is 0.905. The van der Waals surface area contributed by atoms with E-state index in [9.17, 15) is 0 Å². The maximum absolute atomic E-state index is 3.88. The third-order valence-electron chi connectivity index (χ3n) is 7.25. The highest BCUT2D eigenvalue weighted by Gasteiger charge is 2.37. The molecule has 0 bridgehead atoms. The molecule has 0 heteroatoms. The molecule has 0 radical (unpaired) electrons. The Morgan fingerprint density at radius 1 is 0.762 bits per heavy atom. The molecule has 0 N–H and O–H groups in total. The molecule has 0 aromatic heterocycles. The smallest absolute Gasteiger partial charge is 0.0351 e. The maximum Gasteiger partial charge on any atom is -0.0351 e. The van der Waals surface area contributed by atoms with Crippen LogP contribution in [0.4, 0.5) is 0 Å². The van der Waals surface area contributed by atoms with E-state index in [0.717, 1.165) is 35.5 Å². The van der Waals surface area contributed by atoms with Crippen molar-refractivity contribution in [2.75, 3.05) is 0 Å². The van der Waals surface area contributed by atoms with E-state index in [1.807, 2.05) is 0 Å². The van der Waals surface area contributed by atoms with Gasteiger partial charge in [0.15, 0.2) is 0 Å². The van der Waals surface area contributed by atoms with Gasteiger partial charge in [-0.2, -0.15) is 0 Å². The lowest BCUT2D eigenvalue weighted by atomic mass is 9.61. The van der Waals surface area contributed by atoms with Gasteiger partial charge in [-0.25, -0.2) is 0 Å². The Kier molecular flexibility index (Phi) is 5.46. The molecular weight excluding hydrogens is 252 g/mol. The molecule has 3 rings (SSSR count). The third kappa shape index (κ3) is 3.93. The van der Waals surface area contributed by atoms with Crippen molar-refractivity contribution in [3.63, 3.8) is 0 Å². The lowest BCUT2D eigenvalue weighted by molar-refractivity contribution is 0.0630. The summed E-state index contributed by atoms with van der Waals surface area (Å²) in [5.41, 5.74) is 0. The highest BCUT2D eigenvalue weighted by atomic mass is 14.4. The van der Waals surface area contributed by atoms with Gasteiger partial charge in [-0.05, 0) is 93.3 Å². The molecule has 0 nitrogen and oxygen atoms in total. The van der Waals surface area contributed by atoms with E-state index in [1.54, 1.807) is 44.9 Å². The van der Waals surface area contributed by atoms with Crippen LogP contribution in [0.25, 0.3) is 0 Å². The Morgan fingerprint density at radius 3 is 2.05 bits per heavy atom. The quantitative estimate of drug-likeness (QED) is 0.510. The van der Waals surface area contributed by atoms with Crippen LogP contribution in [-0.4, -0.2) is 0 Å². The molecule has 0 aliphatic heterocycles. The molecule has 3 aliphatic rings. The predicted molar refractivity (Wildman–Crippen MR) is 92.2 cm³/mol. The van der Waals surface area contributed by atoms with Crippen molar-refractivity contribution in [2.45, 2.75) is 84.0 Å². The number of hydrogen-bond donors (Lipinski definition) is 0. The molecule has 0 amide bonds. The highest BCUT2D eigenvalue weighted by molar-refractivity contribution is 4.89. The zero-order valence-corrected chi connectivity index (χ0v) is 14.2. The Balaban J connectivity index is 1.45. The Labute approximate surface area is 132 Å². The number of fused-ring (bicyclic) bond motifs is 1. The molecule has 0 spiro atoms. The maximum atomic E-state index is 3.88.